The Kier molecular flexibility index (Phi) is 3.29. The van der Waals surface area contributed by atoms with Gasteiger partial charge in [-0.15, -0.1) is 0 Å². The van der Waals surface area contributed by atoms with Crippen molar-refractivity contribution in [3.8, 4) is 6.07 Å². The summed E-state index contributed by atoms with van der Waals surface area (Å²) in [6.07, 6.45) is 1.64. The maximum absolute atomic E-state index is 11.1. The molecule has 1 heterocycles. The molecule has 98 valence electrons. The average molecular weight is 262 g/mol. The van der Waals surface area contributed by atoms with Gasteiger partial charge in [-0.1, -0.05) is 0 Å². The third-order valence-electron chi connectivity index (χ3n) is 2.84. The van der Waals surface area contributed by atoms with Crippen LogP contribution in [0.25, 0.3) is 0 Å². The molecule has 8 nitrogen and oxygen atoms in total. The molecule has 0 amide bonds. The van der Waals surface area contributed by atoms with Gasteiger partial charge in [-0.2, -0.15) is 5.26 Å². The van der Waals surface area contributed by atoms with Crippen molar-refractivity contribution in [1.82, 2.24) is 4.98 Å². The van der Waals surface area contributed by atoms with Crippen molar-refractivity contribution in [2.24, 2.45) is 5.92 Å². The van der Waals surface area contributed by atoms with Crippen molar-refractivity contribution in [1.29, 1.82) is 5.26 Å². The predicted molar refractivity (Wildman–Crippen MR) is 63.4 cm³/mol. The fourth-order valence-corrected chi connectivity index (χ4v) is 1.73. The number of carbonyl (C=O) groups is 1. The highest BCUT2D eigenvalue weighted by atomic mass is 16.6. The zero-order valence-corrected chi connectivity index (χ0v) is 9.74. The molecule has 1 aromatic heterocycles. The van der Waals surface area contributed by atoms with Crippen LogP contribution < -0.4 is 5.32 Å². The average Bonchev–Trinajstić information content (AvgIpc) is 3.19. The van der Waals surface area contributed by atoms with Gasteiger partial charge in [0.1, 0.15) is 17.9 Å². The second kappa shape index (κ2) is 4.89. The summed E-state index contributed by atoms with van der Waals surface area (Å²) in [5.74, 6) is -0.803. The predicted octanol–water partition coefficient (Wildman–Crippen LogP) is 1.14. The summed E-state index contributed by atoms with van der Waals surface area (Å²) in [5, 5.41) is 31.2. The normalized spacial score (nSPS) is 15.3. The van der Waals surface area contributed by atoms with Gasteiger partial charge in [0.2, 0.25) is 5.69 Å². The van der Waals surface area contributed by atoms with Crippen molar-refractivity contribution in [3.63, 3.8) is 0 Å². The molecular formula is C11H10N4O4. The Hall–Kier alpha value is -2.69. The SMILES string of the molecule is N#Cc1nc(NC(C(=O)O)C2CC2)ccc1[N+](=O)[O-]. The van der Waals surface area contributed by atoms with Crippen LogP contribution in [0.1, 0.15) is 18.5 Å². The maximum Gasteiger partial charge on any atom is 0.326 e. The third kappa shape index (κ3) is 2.77. The lowest BCUT2D eigenvalue weighted by Gasteiger charge is -2.13. The summed E-state index contributed by atoms with van der Waals surface area (Å²) >= 11 is 0. The number of aromatic nitrogens is 1. The molecule has 1 aromatic rings. The summed E-state index contributed by atoms with van der Waals surface area (Å²) in [4.78, 5) is 24.8. The zero-order chi connectivity index (χ0) is 14.0. The molecular weight excluding hydrogens is 252 g/mol. The minimum Gasteiger partial charge on any atom is -0.480 e. The molecule has 1 unspecified atom stereocenters. The van der Waals surface area contributed by atoms with Crippen LogP contribution in [0.5, 0.6) is 0 Å². The highest BCUT2D eigenvalue weighted by Crippen LogP contribution is 2.34. The summed E-state index contributed by atoms with van der Waals surface area (Å²) in [6, 6.07) is 3.29. The molecule has 0 aliphatic heterocycles. The van der Waals surface area contributed by atoms with E-state index in [2.05, 4.69) is 10.3 Å². The summed E-state index contributed by atoms with van der Waals surface area (Å²) in [5.41, 5.74) is -0.735. The molecule has 0 aromatic carbocycles. The first-order valence-electron chi connectivity index (χ1n) is 5.58. The molecule has 1 atom stereocenters. The number of nitro groups is 1. The molecule has 2 rings (SSSR count). The Balaban J connectivity index is 2.24. The molecule has 0 radical (unpaired) electrons. The van der Waals surface area contributed by atoms with Crippen LogP contribution in [0.2, 0.25) is 0 Å². The van der Waals surface area contributed by atoms with Crippen molar-refractivity contribution in [2.45, 2.75) is 18.9 Å². The Morgan fingerprint density at radius 1 is 1.63 bits per heavy atom. The van der Waals surface area contributed by atoms with E-state index in [0.717, 1.165) is 18.9 Å². The molecule has 0 saturated heterocycles. The number of rotatable bonds is 5. The van der Waals surface area contributed by atoms with E-state index in [4.69, 9.17) is 10.4 Å². The summed E-state index contributed by atoms with van der Waals surface area (Å²) in [6.45, 7) is 0. The number of hydrogen-bond donors (Lipinski definition) is 2. The van der Waals surface area contributed by atoms with E-state index in [1.54, 1.807) is 6.07 Å². The van der Waals surface area contributed by atoms with Gasteiger partial charge in [0, 0.05) is 6.07 Å². The van der Waals surface area contributed by atoms with E-state index in [-0.39, 0.29) is 17.4 Å². The fraction of sp³-hybridized carbons (Fsp3) is 0.364. The van der Waals surface area contributed by atoms with Crippen molar-refractivity contribution < 1.29 is 14.8 Å². The van der Waals surface area contributed by atoms with Crippen LogP contribution in [-0.2, 0) is 4.79 Å². The van der Waals surface area contributed by atoms with Crippen LogP contribution in [-0.4, -0.2) is 27.0 Å². The van der Waals surface area contributed by atoms with Crippen LogP contribution >= 0.6 is 0 Å². The molecule has 0 spiro atoms. The number of nitrogens with zero attached hydrogens (tertiary/aromatic N) is 3. The van der Waals surface area contributed by atoms with Gasteiger partial charge in [-0.25, -0.2) is 9.78 Å². The summed E-state index contributed by atoms with van der Waals surface area (Å²) in [7, 11) is 0. The van der Waals surface area contributed by atoms with Gasteiger partial charge in [-0.05, 0) is 24.8 Å². The molecule has 1 fully saturated rings. The van der Waals surface area contributed by atoms with E-state index < -0.39 is 22.6 Å². The molecule has 1 aliphatic carbocycles. The van der Waals surface area contributed by atoms with Gasteiger partial charge >= 0.3 is 11.7 Å². The lowest BCUT2D eigenvalue weighted by Crippen LogP contribution is -2.31. The van der Waals surface area contributed by atoms with Crippen LogP contribution in [0.3, 0.4) is 0 Å². The van der Waals surface area contributed by atoms with E-state index in [9.17, 15) is 14.9 Å². The topological polar surface area (TPSA) is 129 Å². The number of pyridine rings is 1. The largest absolute Gasteiger partial charge is 0.480 e. The van der Waals surface area contributed by atoms with E-state index in [1.807, 2.05) is 0 Å². The third-order valence-corrected chi connectivity index (χ3v) is 2.84. The van der Waals surface area contributed by atoms with Gasteiger partial charge in [0.25, 0.3) is 0 Å². The summed E-state index contributed by atoms with van der Waals surface area (Å²) < 4.78 is 0. The van der Waals surface area contributed by atoms with Crippen molar-refractivity contribution >= 4 is 17.5 Å². The molecule has 19 heavy (non-hydrogen) atoms. The minimum absolute atomic E-state index is 0.0417. The first-order valence-corrected chi connectivity index (χ1v) is 5.58. The first kappa shape index (κ1) is 12.8. The number of carboxylic acids is 1. The number of hydrogen-bond acceptors (Lipinski definition) is 6. The smallest absolute Gasteiger partial charge is 0.326 e. The van der Waals surface area contributed by atoms with Gasteiger partial charge < -0.3 is 10.4 Å². The molecule has 2 N–H and O–H groups in total. The lowest BCUT2D eigenvalue weighted by atomic mass is 10.2. The van der Waals surface area contributed by atoms with Crippen molar-refractivity contribution in [3.05, 3.63) is 27.9 Å². The molecule has 8 heteroatoms. The highest BCUT2D eigenvalue weighted by Gasteiger charge is 2.36. The number of nitrogens with one attached hydrogen (secondary N) is 1. The molecule has 1 saturated carbocycles. The molecule has 0 bridgehead atoms. The zero-order valence-electron chi connectivity index (χ0n) is 9.74. The quantitative estimate of drug-likeness (QED) is 0.601. The number of carboxylic acid groups (broad SMARTS) is 1. The Labute approximate surface area is 107 Å². The standard InChI is InChI=1S/C11H10N4O4/c12-5-7-8(15(18)19)3-4-9(13-7)14-10(11(16)17)6-1-2-6/h3-4,6,10H,1-2H2,(H,13,14)(H,16,17). The van der Waals surface area contributed by atoms with E-state index >= 15 is 0 Å². The van der Waals surface area contributed by atoms with Gasteiger partial charge in [0.05, 0.1) is 4.92 Å². The van der Waals surface area contributed by atoms with Crippen molar-refractivity contribution in [2.75, 3.05) is 5.32 Å². The number of nitriles is 1. The fourth-order valence-electron chi connectivity index (χ4n) is 1.73. The Morgan fingerprint density at radius 3 is 2.79 bits per heavy atom. The Bertz CT molecular complexity index is 577. The molecule has 1 aliphatic rings. The Morgan fingerprint density at radius 2 is 2.32 bits per heavy atom. The maximum atomic E-state index is 11.1. The first-order chi connectivity index (χ1) is 9.02. The minimum atomic E-state index is -0.999. The number of anilines is 1. The van der Waals surface area contributed by atoms with Gasteiger partial charge in [0.15, 0.2) is 0 Å². The lowest BCUT2D eigenvalue weighted by molar-refractivity contribution is -0.385. The second-order valence-electron chi connectivity index (χ2n) is 4.23. The highest BCUT2D eigenvalue weighted by molar-refractivity contribution is 5.78. The monoisotopic (exact) mass is 262 g/mol. The second-order valence-corrected chi connectivity index (χ2v) is 4.23. The van der Waals surface area contributed by atoms with E-state index in [1.165, 1.54) is 6.07 Å². The van der Waals surface area contributed by atoms with E-state index in [0.29, 0.717) is 0 Å². The van der Waals surface area contributed by atoms with Crippen LogP contribution in [0.15, 0.2) is 12.1 Å². The van der Waals surface area contributed by atoms with Gasteiger partial charge in [-0.3, -0.25) is 10.1 Å². The number of aliphatic carboxylic acids is 1. The van der Waals surface area contributed by atoms with Crippen LogP contribution in [0.4, 0.5) is 11.5 Å². The van der Waals surface area contributed by atoms with Crippen LogP contribution in [0, 0.1) is 27.4 Å².